The van der Waals surface area contributed by atoms with E-state index >= 15 is 0 Å². The van der Waals surface area contributed by atoms with E-state index in [0.717, 1.165) is 5.56 Å². The van der Waals surface area contributed by atoms with E-state index in [0.29, 0.717) is 21.7 Å². The first-order valence-corrected chi connectivity index (χ1v) is 10.1. The first-order valence-electron chi connectivity index (χ1n) is 8.35. The number of halogens is 1. The molecular formula is C19H19FN4OS2. The molecule has 0 saturated heterocycles. The van der Waals surface area contributed by atoms with Gasteiger partial charge in [0.2, 0.25) is 11.0 Å². The van der Waals surface area contributed by atoms with E-state index in [4.69, 9.17) is 0 Å². The van der Waals surface area contributed by atoms with Gasteiger partial charge in [0.25, 0.3) is 0 Å². The summed E-state index contributed by atoms with van der Waals surface area (Å²) in [4.78, 5) is 12.3. The first kappa shape index (κ1) is 19.3. The molecule has 0 unspecified atom stereocenters. The van der Waals surface area contributed by atoms with Crippen LogP contribution in [0.3, 0.4) is 0 Å². The summed E-state index contributed by atoms with van der Waals surface area (Å²) in [6.07, 6.45) is 0. The molecule has 8 heteroatoms. The quantitative estimate of drug-likeness (QED) is 0.569. The number of nitrogens with zero attached hydrogens (tertiary/aromatic N) is 2. The minimum absolute atomic E-state index is 0.0598. The number of nitrogens with one attached hydrogen (secondary N) is 2. The second-order valence-corrected chi connectivity index (χ2v) is 8.54. The number of aromatic nitrogens is 2. The van der Waals surface area contributed by atoms with Crippen molar-refractivity contribution in [3.05, 3.63) is 65.5 Å². The van der Waals surface area contributed by atoms with Gasteiger partial charge in [-0.25, -0.2) is 4.39 Å². The average Bonchev–Trinajstić information content (AvgIpc) is 3.07. The number of anilines is 2. The molecule has 0 spiro atoms. The Bertz CT molecular complexity index is 914. The maximum atomic E-state index is 13.2. The molecule has 0 fully saturated rings. The van der Waals surface area contributed by atoms with Crippen LogP contribution in [0.4, 0.5) is 15.2 Å². The smallest absolute Gasteiger partial charge is 0.233 e. The van der Waals surface area contributed by atoms with Gasteiger partial charge in [0.05, 0.1) is 5.25 Å². The molecule has 0 radical (unpaired) electrons. The lowest BCUT2D eigenvalue weighted by molar-refractivity contribution is -0.120. The molecule has 0 aliphatic heterocycles. The van der Waals surface area contributed by atoms with Crippen molar-refractivity contribution in [1.29, 1.82) is 0 Å². The van der Waals surface area contributed by atoms with Crippen molar-refractivity contribution in [2.75, 3.05) is 5.32 Å². The third-order valence-electron chi connectivity index (χ3n) is 3.72. The van der Waals surface area contributed by atoms with Crippen LogP contribution in [0.1, 0.15) is 18.1 Å². The maximum absolute atomic E-state index is 13.2. The summed E-state index contributed by atoms with van der Waals surface area (Å²) >= 11 is 2.67. The van der Waals surface area contributed by atoms with Gasteiger partial charge in [-0.15, -0.1) is 10.2 Å². The summed E-state index contributed by atoms with van der Waals surface area (Å²) in [7, 11) is 0. The van der Waals surface area contributed by atoms with Crippen LogP contribution < -0.4 is 10.6 Å². The number of thioether (sulfide) groups is 1. The minimum Gasteiger partial charge on any atom is -0.351 e. The first-order chi connectivity index (χ1) is 13.0. The Morgan fingerprint density at radius 1 is 1.22 bits per heavy atom. The third kappa shape index (κ3) is 5.77. The summed E-state index contributed by atoms with van der Waals surface area (Å²) < 4.78 is 13.9. The van der Waals surface area contributed by atoms with E-state index in [-0.39, 0.29) is 17.0 Å². The number of rotatable bonds is 7. The summed E-state index contributed by atoms with van der Waals surface area (Å²) in [5.74, 6) is -0.381. The van der Waals surface area contributed by atoms with E-state index in [2.05, 4.69) is 20.8 Å². The lowest BCUT2D eigenvalue weighted by Crippen LogP contribution is -2.30. The standard InChI is InChI=1S/C19H19FN4OS2/c1-12-6-8-14(9-7-12)11-21-17(25)13(2)26-19-24-23-18(27-19)22-16-5-3-4-15(20)10-16/h3-10,13H,11H2,1-2H3,(H,21,25)(H,22,23)/t13-/m0/s1. The van der Waals surface area contributed by atoms with Crippen LogP contribution in [0.2, 0.25) is 0 Å². The van der Waals surface area contributed by atoms with Crippen LogP contribution in [0, 0.1) is 12.7 Å². The van der Waals surface area contributed by atoms with Crippen LogP contribution in [-0.2, 0) is 11.3 Å². The lowest BCUT2D eigenvalue weighted by Gasteiger charge is -2.10. The number of carbonyl (C=O) groups is 1. The highest BCUT2D eigenvalue weighted by Crippen LogP contribution is 2.30. The molecule has 0 saturated carbocycles. The number of benzene rings is 2. The van der Waals surface area contributed by atoms with Crippen molar-refractivity contribution in [2.45, 2.75) is 30.0 Å². The topological polar surface area (TPSA) is 66.9 Å². The molecule has 3 aromatic rings. The van der Waals surface area contributed by atoms with Gasteiger partial charge in [0.15, 0.2) is 4.34 Å². The third-order valence-corrected chi connectivity index (χ3v) is 5.74. The summed E-state index contributed by atoms with van der Waals surface area (Å²) in [6, 6.07) is 14.2. The highest BCUT2D eigenvalue weighted by molar-refractivity contribution is 8.02. The van der Waals surface area contributed by atoms with Gasteiger partial charge < -0.3 is 10.6 Å². The van der Waals surface area contributed by atoms with Gasteiger partial charge in [0.1, 0.15) is 5.82 Å². The molecule has 0 aliphatic rings. The van der Waals surface area contributed by atoms with Gasteiger partial charge in [-0.2, -0.15) is 0 Å². The fraction of sp³-hybridized carbons (Fsp3) is 0.211. The zero-order valence-corrected chi connectivity index (χ0v) is 16.5. The van der Waals surface area contributed by atoms with Crippen LogP contribution in [-0.4, -0.2) is 21.4 Å². The highest BCUT2D eigenvalue weighted by atomic mass is 32.2. The fourth-order valence-electron chi connectivity index (χ4n) is 2.24. The zero-order valence-electron chi connectivity index (χ0n) is 14.9. The lowest BCUT2D eigenvalue weighted by atomic mass is 10.1. The van der Waals surface area contributed by atoms with Crippen molar-refractivity contribution >= 4 is 39.8 Å². The number of aryl methyl sites for hydroxylation is 1. The largest absolute Gasteiger partial charge is 0.351 e. The number of carbonyl (C=O) groups excluding carboxylic acids is 1. The van der Waals surface area contributed by atoms with E-state index in [1.165, 1.54) is 40.8 Å². The van der Waals surface area contributed by atoms with Crippen molar-refractivity contribution in [2.24, 2.45) is 0 Å². The van der Waals surface area contributed by atoms with Crippen molar-refractivity contribution in [3.8, 4) is 0 Å². The Kier molecular flexibility index (Phi) is 6.41. The van der Waals surface area contributed by atoms with Crippen molar-refractivity contribution in [1.82, 2.24) is 15.5 Å². The van der Waals surface area contributed by atoms with Gasteiger partial charge in [0, 0.05) is 12.2 Å². The fourth-order valence-corrected chi connectivity index (χ4v) is 4.18. The van der Waals surface area contributed by atoms with Crippen molar-refractivity contribution in [3.63, 3.8) is 0 Å². The second-order valence-electron chi connectivity index (χ2n) is 5.97. The van der Waals surface area contributed by atoms with Gasteiger partial charge in [-0.3, -0.25) is 4.79 Å². The zero-order chi connectivity index (χ0) is 19.2. The monoisotopic (exact) mass is 402 g/mol. The van der Waals surface area contributed by atoms with E-state index in [1.54, 1.807) is 12.1 Å². The molecule has 2 aromatic carbocycles. The normalized spacial score (nSPS) is 11.8. The predicted molar refractivity (Wildman–Crippen MR) is 108 cm³/mol. The summed E-state index contributed by atoms with van der Waals surface area (Å²) in [5, 5.41) is 14.3. The molecule has 1 amide bonds. The Hall–Kier alpha value is -2.45. The number of hydrogen-bond acceptors (Lipinski definition) is 6. The van der Waals surface area contributed by atoms with Gasteiger partial charge in [-0.1, -0.05) is 59.0 Å². The average molecular weight is 403 g/mol. The van der Waals surface area contributed by atoms with Gasteiger partial charge in [-0.05, 0) is 37.6 Å². The van der Waals surface area contributed by atoms with Gasteiger partial charge >= 0.3 is 0 Å². The molecule has 0 aliphatic carbocycles. The minimum atomic E-state index is -0.321. The molecule has 5 nitrogen and oxygen atoms in total. The summed E-state index contributed by atoms with van der Waals surface area (Å²) in [5.41, 5.74) is 2.85. The Labute approximate surface area is 165 Å². The van der Waals surface area contributed by atoms with Crippen LogP contribution in [0.5, 0.6) is 0 Å². The van der Waals surface area contributed by atoms with Crippen LogP contribution >= 0.6 is 23.1 Å². The molecular weight excluding hydrogens is 383 g/mol. The SMILES string of the molecule is Cc1ccc(CNC(=O)[C@H](C)Sc2nnc(Nc3cccc(F)c3)s2)cc1. The Balaban J connectivity index is 1.51. The Morgan fingerprint density at radius 3 is 2.74 bits per heavy atom. The predicted octanol–water partition coefficient (Wildman–Crippen LogP) is 4.53. The van der Waals surface area contributed by atoms with E-state index in [1.807, 2.05) is 38.1 Å². The van der Waals surface area contributed by atoms with Crippen LogP contribution in [0.15, 0.2) is 52.9 Å². The molecule has 3 rings (SSSR count). The molecule has 1 aromatic heterocycles. The molecule has 2 N–H and O–H groups in total. The maximum Gasteiger partial charge on any atom is 0.233 e. The summed E-state index contributed by atoms with van der Waals surface area (Å²) in [6.45, 7) is 4.35. The molecule has 0 bridgehead atoms. The molecule has 1 heterocycles. The molecule has 140 valence electrons. The number of amides is 1. The number of hydrogen-bond donors (Lipinski definition) is 2. The highest BCUT2D eigenvalue weighted by Gasteiger charge is 2.17. The molecule has 27 heavy (non-hydrogen) atoms. The van der Waals surface area contributed by atoms with Crippen LogP contribution in [0.25, 0.3) is 0 Å². The van der Waals surface area contributed by atoms with E-state index in [9.17, 15) is 9.18 Å². The molecule has 1 atom stereocenters. The van der Waals surface area contributed by atoms with Crippen molar-refractivity contribution < 1.29 is 9.18 Å². The van der Waals surface area contributed by atoms with E-state index < -0.39 is 0 Å². The Morgan fingerprint density at radius 2 is 2.00 bits per heavy atom. The second kappa shape index (κ2) is 8.96.